The van der Waals surface area contributed by atoms with Gasteiger partial charge in [-0.15, -0.1) is 0 Å². The van der Waals surface area contributed by atoms with Gasteiger partial charge in [-0.05, 0) is 49.2 Å². The van der Waals surface area contributed by atoms with E-state index in [-0.39, 0.29) is 17.9 Å². The van der Waals surface area contributed by atoms with Crippen molar-refractivity contribution in [3.05, 3.63) is 59.7 Å². The van der Waals surface area contributed by atoms with Crippen molar-refractivity contribution in [1.82, 2.24) is 5.32 Å². The Morgan fingerprint density at radius 1 is 0.931 bits per heavy atom. The summed E-state index contributed by atoms with van der Waals surface area (Å²) in [5, 5.41) is 5.96. The van der Waals surface area contributed by atoms with Crippen molar-refractivity contribution in [2.45, 2.75) is 38.1 Å². The summed E-state index contributed by atoms with van der Waals surface area (Å²) < 4.78 is 10.5. The molecular formula is C23H28N2O4. The van der Waals surface area contributed by atoms with E-state index in [4.69, 9.17) is 9.47 Å². The number of ether oxygens (including phenoxy) is 2. The number of nitrogens with one attached hydrogen (secondary N) is 2. The number of methoxy groups -OCH3 is 1. The van der Waals surface area contributed by atoms with Crippen LogP contribution in [0.3, 0.4) is 0 Å². The number of para-hydroxylation sites is 1. The van der Waals surface area contributed by atoms with Crippen molar-refractivity contribution in [2.75, 3.05) is 25.6 Å². The standard InChI is InChI=1S/C23H28N2O4/c1-28-15-16-29-19-13-11-17(12-14-19)22(26)25-21-10-6-5-9-20(21)23(27)24-18-7-3-2-4-8-18/h5-6,9-14,18H,2-4,7-8,15-16H2,1H3,(H,24,27)(H,25,26). The van der Waals surface area contributed by atoms with Crippen LogP contribution in [0.4, 0.5) is 5.69 Å². The Morgan fingerprint density at radius 3 is 2.38 bits per heavy atom. The minimum Gasteiger partial charge on any atom is -0.491 e. The summed E-state index contributed by atoms with van der Waals surface area (Å²) in [7, 11) is 1.62. The summed E-state index contributed by atoms with van der Waals surface area (Å²) in [5.41, 5.74) is 1.48. The van der Waals surface area contributed by atoms with Gasteiger partial charge in [0.2, 0.25) is 0 Å². The topological polar surface area (TPSA) is 76.7 Å². The molecule has 0 spiro atoms. The second-order valence-corrected chi connectivity index (χ2v) is 7.17. The Bertz CT molecular complexity index is 814. The van der Waals surface area contributed by atoms with Crippen LogP contribution in [0.2, 0.25) is 0 Å². The third-order valence-electron chi connectivity index (χ3n) is 5.03. The second kappa shape index (κ2) is 10.6. The molecule has 29 heavy (non-hydrogen) atoms. The Morgan fingerprint density at radius 2 is 1.66 bits per heavy atom. The van der Waals surface area contributed by atoms with Gasteiger partial charge in [0.15, 0.2) is 0 Å². The van der Waals surface area contributed by atoms with Gasteiger partial charge in [0.25, 0.3) is 11.8 Å². The van der Waals surface area contributed by atoms with E-state index < -0.39 is 0 Å². The minimum absolute atomic E-state index is 0.144. The van der Waals surface area contributed by atoms with Gasteiger partial charge in [-0.25, -0.2) is 0 Å². The van der Waals surface area contributed by atoms with Crippen LogP contribution in [0.1, 0.15) is 52.8 Å². The number of hydrogen-bond acceptors (Lipinski definition) is 4. The third kappa shape index (κ3) is 6.06. The number of rotatable bonds is 8. The maximum absolute atomic E-state index is 12.7. The highest BCUT2D eigenvalue weighted by atomic mass is 16.5. The van der Waals surface area contributed by atoms with Crippen molar-refractivity contribution in [3.63, 3.8) is 0 Å². The van der Waals surface area contributed by atoms with Gasteiger partial charge in [0, 0.05) is 18.7 Å². The quantitative estimate of drug-likeness (QED) is 0.661. The van der Waals surface area contributed by atoms with Crippen LogP contribution in [0, 0.1) is 0 Å². The summed E-state index contributed by atoms with van der Waals surface area (Å²) in [6.45, 7) is 0.952. The van der Waals surface area contributed by atoms with Gasteiger partial charge in [0.05, 0.1) is 17.9 Å². The van der Waals surface area contributed by atoms with Crippen molar-refractivity contribution in [1.29, 1.82) is 0 Å². The fourth-order valence-corrected chi connectivity index (χ4v) is 3.44. The molecule has 6 nitrogen and oxygen atoms in total. The predicted octanol–water partition coefficient (Wildman–Crippen LogP) is 4.03. The monoisotopic (exact) mass is 396 g/mol. The van der Waals surface area contributed by atoms with E-state index in [0.717, 1.165) is 25.7 Å². The molecule has 6 heteroatoms. The SMILES string of the molecule is COCCOc1ccc(C(=O)Nc2ccccc2C(=O)NC2CCCCC2)cc1. The first-order valence-electron chi connectivity index (χ1n) is 10.1. The molecule has 154 valence electrons. The van der Waals surface area contributed by atoms with Gasteiger partial charge in [-0.2, -0.15) is 0 Å². The zero-order valence-corrected chi connectivity index (χ0v) is 16.8. The molecule has 1 saturated carbocycles. The van der Waals surface area contributed by atoms with Gasteiger partial charge in [-0.1, -0.05) is 31.4 Å². The van der Waals surface area contributed by atoms with Crippen LogP contribution in [0.5, 0.6) is 5.75 Å². The zero-order valence-electron chi connectivity index (χ0n) is 16.8. The van der Waals surface area contributed by atoms with E-state index in [0.29, 0.717) is 35.8 Å². The highest BCUT2D eigenvalue weighted by Crippen LogP contribution is 2.21. The Kier molecular flexibility index (Phi) is 7.64. The molecule has 1 fully saturated rings. The largest absolute Gasteiger partial charge is 0.491 e. The molecule has 0 atom stereocenters. The summed E-state index contributed by atoms with van der Waals surface area (Å²) in [5.74, 6) is 0.256. The Hall–Kier alpha value is -2.86. The predicted molar refractivity (Wildman–Crippen MR) is 113 cm³/mol. The molecule has 1 aliphatic rings. The molecule has 0 unspecified atom stereocenters. The molecule has 2 amide bonds. The first kappa shape index (κ1) is 20.9. The summed E-state index contributed by atoms with van der Waals surface area (Å²) in [6.07, 6.45) is 5.55. The molecule has 3 rings (SSSR count). The summed E-state index contributed by atoms with van der Waals surface area (Å²) in [6, 6.07) is 14.2. The third-order valence-corrected chi connectivity index (χ3v) is 5.03. The normalized spacial score (nSPS) is 14.2. The smallest absolute Gasteiger partial charge is 0.255 e. The van der Waals surface area contributed by atoms with Crippen molar-refractivity contribution in [3.8, 4) is 5.75 Å². The van der Waals surface area contributed by atoms with Crippen LogP contribution in [-0.2, 0) is 4.74 Å². The van der Waals surface area contributed by atoms with Crippen molar-refractivity contribution >= 4 is 17.5 Å². The molecule has 2 aromatic rings. The molecule has 0 aromatic heterocycles. The summed E-state index contributed by atoms with van der Waals surface area (Å²) >= 11 is 0. The van der Waals surface area contributed by atoms with Gasteiger partial charge < -0.3 is 20.1 Å². The Labute approximate surface area is 171 Å². The van der Waals surface area contributed by atoms with E-state index in [2.05, 4.69) is 10.6 Å². The highest BCUT2D eigenvalue weighted by molar-refractivity contribution is 6.09. The second-order valence-electron chi connectivity index (χ2n) is 7.17. The van der Waals surface area contributed by atoms with Gasteiger partial charge in [-0.3, -0.25) is 9.59 Å². The van der Waals surface area contributed by atoms with E-state index in [1.807, 2.05) is 0 Å². The minimum atomic E-state index is -0.272. The molecular weight excluding hydrogens is 368 g/mol. The van der Waals surface area contributed by atoms with Crippen LogP contribution in [0.15, 0.2) is 48.5 Å². The number of hydrogen-bond donors (Lipinski definition) is 2. The molecule has 0 radical (unpaired) electrons. The molecule has 0 saturated heterocycles. The van der Waals surface area contributed by atoms with Crippen molar-refractivity contribution < 1.29 is 19.1 Å². The molecule has 2 N–H and O–H groups in total. The average Bonchev–Trinajstić information content (AvgIpc) is 2.75. The lowest BCUT2D eigenvalue weighted by Gasteiger charge is -2.23. The van der Waals surface area contributed by atoms with Crippen LogP contribution in [0.25, 0.3) is 0 Å². The highest BCUT2D eigenvalue weighted by Gasteiger charge is 2.19. The number of amides is 2. The number of carbonyl (C=O) groups excluding carboxylic acids is 2. The van der Waals surface area contributed by atoms with E-state index in [1.54, 1.807) is 55.6 Å². The van der Waals surface area contributed by atoms with E-state index in [1.165, 1.54) is 6.42 Å². The molecule has 1 aliphatic carbocycles. The van der Waals surface area contributed by atoms with Gasteiger partial charge >= 0.3 is 0 Å². The summed E-state index contributed by atoms with van der Waals surface area (Å²) in [4.78, 5) is 25.4. The fraction of sp³-hybridized carbons (Fsp3) is 0.391. The lowest BCUT2D eigenvalue weighted by atomic mass is 9.95. The van der Waals surface area contributed by atoms with Gasteiger partial charge in [0.1, 0.15) is 12.4 Å². The zero-order chi connectivity index (χ0) is 20.5. The lowest BCUT2D eigenvalue weighted by molar-refractivity contribution is 0.0928. The maximum Gasteiger partial charge on any atom is 0.255 e. The number of anilines is 1. The maximum atomic E-state index is 12.7. The van der Waals surface area contributed by atoms with Crippen LogP contribution >= 0.6 is 0 Å². The molecule has 0 aliphatic heterocycles. The number of benzene rings is 2. The molecule has 0 heterocycles. The first-order chi connectivity index (χ1) is 14.2. The fourth-order valence-electron chi connectivity index (χ4n) is 3.44. The van der Waals surface area contributed by atoms with E-state index >= 15 is 0 Å². The Balaban J connectivity index is 1.63. The lowest BCUT2D eigenvalue weighted by Crippen LogP contribution is -2.36. The number of carbonyl (C=O) groups is 2. The average molecular weight is 396 g/mol. The molecule has 0 bridgehead atoms. The van der Waals surface area contributed by atoms with Crippen LogP contribution in [-0.4, -0.2) is 38.2 Å². The van der Waals surface area contributed by atoms with Crippen LogP contribution < -0.4 is 15.4 Å². The first-order valence-corrected chi connectivity index (χ1v) is 10.1. The van der Waals surface area contributed by atoms with E-state index in [9.17, 15) is 9.59 Å². The van der Waals surface area contributed by atoms with Crippen molar-refractivity contribution in [2.24, 2.45) is 0 Å². The molecule has 2 aromatic carbocycles.